The number of benzene rings is 1. The Hall–Kier alpha value is -2.81. The largest absolute Gasteiger partial charge is 0.493 e. The lowest BCUT2D eigenvalue weighted by Crippen LogP contribution is -2.43. The zero-order chi connectivity index (χ0) is 18.8. The first-order valence-electron chi connectivity index (χ1n) is 8.25. The number of nitrogens with zero attached hydrogens (tertiary/aromatic N) is 2. The van der Waals surface area contributed by atoms with Gasteiger partial charge in [0.2, 0.25) is 5.91 Å². The molecule has 2 N–H and O–H groups in total. The average Bonchev–Trinajstić information content (AvgIpc) is 3.14. The maximum atomic E-state index is 12.9. The molecule has 0 bridgehead atoms. The molecule has 1 aliphatic rings. The molecule has 9 nitrogen and oxygen atoms in total. The summed E-state index contributed by atoms with van der Waals surface area (Å²) in [6.07, 6.45) is 1.44. The quantitative estimate of drug-likeness (QED) is 0.763. The number of nitrogens with two attached hydrogens (primary N) is 1. The van der Waals surface area contributed by atoms with E-state index in [-0.39, 0.29) is 30.1 Å². The maximum Gasteiger partial charge on any atom is 0.332 e. The van der Waals surface area contributed by atoms with Crippen LogP contribution in [0.1, 0.15) is 12.8 Å². The maximum absolute atomic E-state index is 12.9. The van der Waals surface area contributed by atoms with E-state index in [0.717, 1.165) is 17.4 Å². The molecule has 3 rings (SSSR count). The fourth-order valence-corrected chi connectivity index (χ4v) is 3.21. The summed E-state index contributed by atoms with van der Waals surface area (Å²) < 4.78 is 18.3. The Morgan fingerprint density at radius 2 is 1.92 bits per heavy atom. The highest BCUT2D eigenvalue weighted by Crippen LogP contribution is 2.30. The number of methoxy groups -OCH3 is 2. The van der Waals surface area contributed by atoms with Crippen molar-refractivity contribution in [2.75, 3.05) is 20.8 Å². The highest BCUT2D eigenvalue weighted by Gasteiger charge is 2.22. The lowest BCUT2D eigenvalue weighted by Gasteiger charge is -2.17. The van der Waals surface area contributed by atoms with Gasteiger partial charge in [0.1, 0.15) is 6.54 Å². The number of amides is 1. The number of aromatic nitrogens is 2. The summed E-state index contributed by atoms with van der Waals surface area (Å²) in [5.41, 5.74) is 4.48. The molecule has 0 aliphatic carbocycles. The van der Waals surface area contributed by atoms with Crippen LogP contribution >= 0.6 is 0 Å². The minimum absolute atomic E-state index is 0.126. The Kier molecular flexibility index (Phi) is 4.99. The van der Waals surface area contributed by atoms with E-state index in [2.05, 4.69) is 0 Å². The van der Waals surface area contributed by atoms with Crippen molar-refractivity contribution >= 4 is 16.8 Å². The second-order valence-electron chi connectivity index (χ2n) is 6.11. The molecule has 26 heavy (non-hydrogen) atoms. The Morgan fingerprint density at radius 3 is 2.50 bits per heavy atom. The summed E-state index contributed by atoms with van der Waals surface area (Å²) in [5, 5.41) is 0.237. The number of carbonyl (C=O) groups is 1. The fourth-order valence-electron chi connectivity index (χ4n) is 3.21. The van der Waals surface area contributed by atoms with E-state index in [0.29, 0.717) is 18.1 Å². The number of carbonyl (C=O) groups excluding carboxylic acids is 1. The number of rotatable bonds is 6. The van der Waals surface area contributed by atoms with Crippen molar-refractivity contribution in [1.82, 2.24) is 9.13 Å². The summed E-state index contributed by atoms with van der Waals surface area (Å²) in [7, 11) is 2.90. The van der Waals surface area contributed by atoms with Gasteiger partial charge in [0, 0.05) is 12.7 Å². The van der Waals surface area contributed by atoms with Crippen LogP contribution in [0.25, 0.3) is 10.9 Å². The van der Waals surface area contributed by atoms with Gasteiger partial charge in [-0.2, -0.15) is 0 Å². The monoisotopic (exact) mass is 363 g/mol. The first kappa shape index (κ1) is 18.0. The van der Waals surface area contributed by atoms with Gasteiger partial charge in [0.05, 0.1) is 37.8 Å². The second kappa shape index (κ2) is 7.20. The first-order valence-corrected chi connectivity index (χ1v) is 8.25. The smallest absolute Gasteiger partial charge is 0.332 e. The van der Waals surface area contributed by atoms with Crippen LogP contribution in [0, 0.1) is 0 Å². The van der Waals surface area contributed by atoms with Gasteiger partial charge in [-0.1, -0.05) is 0 Å². The standard InChI is InChI=1S/C17H21N3O6/c1-24-13-6-11-12(7-14(13)25-2)19(9-15(18)21)17(23)20(16(11)22)8-10-4-3-5-26-10/h6-7,10H,3-5,8-9H2,1-2H3,(H2,18,21)/t10-/m1/s1. The molecule has 0 radical (unpaired) electrons. The highest BCUT2D eigenvalue weighted by atomic mass is 16.5. The lowest BCUT2D eigenvalue weighted by molar-refractivity contribution is -0.118. The molecule has 0 spiro atoms. The summed E-state index contributed by atoms with van der Waals surface area (Å²) in [5.74, 6) is 0.00411. The predicted molar refractivity (Wildman–Crippen MR) is 93.7 cm³/mol. The molecule has 1 aliphatic heterocycles. The van der Waals surface area contributed by atoms with Crippen LogP contribution in [-0.2, 0) is 22.6 Å². The van der Waals surface area contributed by atoms with Crippen molar-refractivity contribution in [3.63, 3.8) is 0 Å². The van der Waals surface area contributed by atoms with Crippen LogP contribution in [0.4, 0.5) is 0 Å². The van der Waals surface area contributed by atoms with E-state index >= 15 is 0 Å². The van der Waals surface area contributed by atoms with E-state index in [9.17, 15) is 14.4 Å². The third-order valence-corrected chi connectivity index (χ3v) is 4.45. The van der Waals surface area contributed by atoms with Crippen molar-refractivity contribution in [2.45, 2.75) is 32.0 Å². The van der Waals surface area contributed by atoms with Crippen molar-refractivity contribution in [3.8, 4) is 11.5 Å². The van der Waals surface area contributed by atoms with E-state index in [1.807, 2.05) is 0 Å². The van der Waals surface area contributed by atoms with Gasteiger partial charge in [0.25, 0.3) is 5.56 Å². The van der Waals surface area contributed by atoms with E-state index in [1.54, 1.807) is 0 Å². The molecule has 1 aromatic carbocycles. The normalized spacial score (nSPS) is 16.8. The van der Waals surface area contributed by atoms with Gasteiger partial charge in [0.15, 0.2) is 11.5 Å². The zero-order valence-corrected chi connectivity index (χ0v) is 14.7. The number of ether oxygens (including phenoxy) is 3. The van der Waals surface area contributed by atoms with Gasteiger partial charge in [-0.3, -0.25) is 18.7 Å². The van der Waals surface area contributed by atoms with Crippen LogP contribution in [-0.4, -0.2) is 42.0 Å². The van der Waals surface area contributed by atoms with Crippen LogP contribution in [0.5, 0.6) is 11.5 Å². The molecule has 1 atom stereocenters. The van der Waals surface area contributed by atoms with Gasteiger partial charge in [-0.25, -0.2) is 4.79 Å². The summed E-state index contributed by atoms with van der Waals surface area (Å²) in [6, 6.07) is 3.00. The fraction of sp³-hybridized carbons (Fsp3) is 0.471. The molecule has 1 saturated heterocycles. The topological polar surface area (TPSA) is 115 Å². The second-order valence-corrected chi connectivity index (χ2v) is 6.11. The Labute approximate surface area is 148 Å². The van der Waals surface area contributed by atoms with Crippen LogP contribution in [0.15, 0.2) is 21.7 Å². The number of primary amides is 1. The van der Waals surface area contributed by atoms with Crippen molar-refractivity contribution in [1.29, 1.82) is 0 Å². The Balaban J connectivity index is 2.29. The predicted octanol–water partition coefficient (Wildman–Crippen LogP) is -0.155. The number of fused-ring (bicyclic) bond motifs is 1. The summed E-state index contributed by atoms with van der Waals surface area (Å²) >= 11 is 0. The Morgan fingerprint density at radius 1 is 1.23 bits per heavy atom. The molecular formula is C17H21N3O6. The van der Waals surface area contributed by atoms with Crippen LogP contribution in [0.2, 0.25) is 0 Å². The van der Waals surface area contributed by atoms with Crippen molar-refractivity contribution in [3.05, 3.63) is 33.0 Å². The van der Waals surface area contributed by atoms with E-state index < -0.39 is 17.2 Å². The minimum atomic E-state index is -0.689. The van der Waals surface area contributed by atoms with Gasteiger partial charge < -0.3 is 19.9 Å². The minimum Gasteiger partial charge on any atom is -0.493 e. The molecule has 140 valence electrons. The SMILES string of the molecule is COc1cc2c(=O)n(C[C@H]3CCCO3)c(=O)n(CC(N)=O)c2cc1OC. The zero-order valence-electron chi connectivity index (χ0n) is 14.7. The summed E-state index contributed by atoms with van der Waals surface area (Å²) in [4.78, 5) is 37.3. The molecule has 0 saturated carbocycles. The average molecular weight is 363 g/mol. The molecule has 9 heteroatoms. The van der Waals surface area contributed by atoms with E-state index in [4.69, 9.17) is 19.9 Å². The van der Waals surface area contributed by atoms with E-state index in [1.165, 1.54) is 30.9 Å². The van der Waals surface area contributed by atoms with Gasteiger partial charge in [-0.05, 0) is 18.9 Å². The molecule has 1 fully saturated rings. The van der Waals surface area contributed by atoms with Crippen LogP contribution < -0.4 is 26.5 Å². The van der Waals surface area contributed by atoms with Crippen molar-refractivity contribution < 1.29 is 19.0 Å². The lowest BCUT2D eigenvalue weighted by atomic mass is 10.2. The summed E-state index contributed by atoms with van der Waals surface area (Å²) in [6.45, 7) is 0.380. The number of hydrogen-bond donors (Lipinski definition) is 1. The molecule has 0 unspecified atom stereocenters. The van der Waals surface area contributed by atoms with Crippen molar-refractivity contribution in [2.24, 2.45) is 5.73 Å². The third-order valence-electron chi connectivity index (χ3n) is 4.45. The molecule has 1 amide bonds. The Bertz CT molecular complexity index is 956. The van der Waals surface area contributed by atoms with Crippen LogP contribution in [0.3, 0.4) is 0 Å². The molecule has 2 aromatic rings. The first-order chi connectivity index (χ1) is 12.5. The highest BCUT2D eigenvalue weighted by molar-refractivity contribution is 5.84. The number of hydrogen-bond acceptors (Lipinski definition) is 6. The van der Waals surface area contributed by atoms with Gasteiger partial charge in [-0.15, -0.1) is 0 Å². The van der Waals surface area contributed by atoms with Gasteiger partial charge >= 0.3 is 5.69 Å². The third kappa shape index (κ3) is 3.17. The molecular weight excluding hydrogens is 342 g/mol. The molecule has 1 aromatic heterocycles. The molecule has 2 heterocycles.